The van der Waals surface area contributed by atoms with Gasteiger partial charge in [0.2, 0.25) is 0 Å². The number of hydrogen-bond donors (Lipinski definition) is 0. The fourth-order valence-corrected chi connectivity index (χ4v) is 10.1. The summed E-state index contributed by atoms with van der Waals surface area (Å²) in [5, 5.41) is 3.36. The van der Waals surface area contributed by atoms with E-state index in [0.29, 0.717) is 0 Å². The van der Waals surface area contributed by atoms with Gasteiger partial charge in [-0.25, -0.2) is 0 Å². The largest absolute Gasteiger partial charge is 0.0836 e. The number of benzene rings is 5. The van der Waals surface area contributed by atoms with Gasteiger partial charge in [0, 0.05) is 16.0 Å². The Morgan fingerprint density at radius 3 is 2.03 bits per heavy atom. The summed E-state index contributed by atoms with van der Waals surface area (Å²) in [6, 6.07) is 38.4. The van der Waals surface area contributed by atoms with E-state index in [0.717, 1.165) is 34.3 Å². The summed E-state index contributed by atoms with van der Waals surface area (Å²) in [6.45, 7) is 0. The summed E-state index contributed by atoms with van der Waals surface area (Å²) >= 11 is 7.10. The molecule has 5 aliphatic carbocycles. The second kappa shape index (κ2) is 8.09. The highest BCUT2D eigenvalue weighted by atomic mass is 35.5. The average molecular weight is 523 g/mol. The van der Waals surface area contributed by atoms with Gasteiger partial charge in [-0.05, 0) is 118 Å². The zero-order valence-electron chi connectivity index (χ0n) is 22.0. The van der Waals surface area contributed by atoms with E-state index in [1.807, 2.05) is 0 Å². The molecule has 190 valence electrons. The van der Waals surface area contributed by atoms with Crippen molar-refractivity contribution in [3.05, 3.63) is 119 Å². The number of hydrogen-bond acceptors (Lipinski definition) is 0. The molecule has 0 N–H and O–H groups in total. The third-order valence-electron chi connectivity index (χ3n) is 10.9. The molecule has 39 heavy (non-hydrogen) atoms. The molecule has 0 nitrogen and oxygen atoms in total. The van der Waals surface area contributed by atoms with Crippen LogP contribution in [0.15, 0.2) is 103 Å². The predicted molar refractivity (Wildman–Crippen MR) is 163 cm³/mol. The van der Waals surface area contributed by atoms with Crippen LogP contribution in [0.3, 0.4) is 0 Å². The Balaban J connectivity index is 1.29. The van der Waals surface area contributed by atoms with Crippen molar-refractivity contribution in [3.63, 3.8) is 0 Å². The van der Waals surface area contributed by atoms with Crippen LogP contribution in [0.4, 0.5) is 0 Å². The summed E-state index contributed by atoms with van der Waals surface area (Å²) in [5.74, 6) is 3.41. The molecular weight excluding hydrogens is 492 g/mol. The lowest BCUT2D eigenvalue weighted by Gasteiger charge is -2.61. The van der Waals surface area contributed by atoms with Gasteiger partial charge in [0.1, 0.15) is 0 Å². The van der Waals surface area contributed by atoms with Crippen LogP contribution in [0.5, 0.6) is 0 Å². The maximum absolute atomic E-state index is 7.10. The van der Waals surface area contributed by atoms with E-state index in [1.165, 1.54) is 70.7 Å². The van der Waals surface area contributed by atoms with Gasteiger partial charge in [-0.3, -0.25) is 0 Å². The SMILES string of the molecule is Clc1cccc(-c2cccc3ccccc23)c1-c1ccc2c(c1)C1(c3ccccc3-2)C2CC3CC(C2)CC1C3. The van der Waals surface area contributed by atoms with Gasteiger partial charge in [-0.15, -0.1) is 0 Å². The summed E-state index contributed by atoms with van der Waals surface area (Å²) in [6.07, 6.45) is 7.08. The Bertz CT molecular complexity index is 1760. The maximum atomic E-state index is 7.10. The van der Waals surface area contributed by atoms with Gasteiger partial charge in [0.05, 0.1) is 0 Å². The van der Waals surface area contributed by atoms with Gasteiger partial charge in [-0.2, -0.15) is 0 Å². The second-order valence-corrected chi connectivity index (χ2v) is 13.1. The second-order valence-electron chi connectivity index (χ2n) is 12.7. The number of fused-ring (bicyclic) bond motifs is 4. The quantitative estimate of drug-likeness (QED) is 0.216. The zero-order chi connectivity index (χ0) is 25.7. The van der Waals surface area contributed by atoms with Gasteiger partial charge < -0.3 is 0 Å². The number of rotatable bonds is 2. The van der Waals surface area contributed by atoms with E-state index < -0.39 is 0 Å². The van der Waals surface area contributed by atoms with Gasteiger partial charge in [0.25, 0.3) is 0 Å². The highest BCUT2D eigenvalue weighted by Gasteiger charge is 2.61. The third kappa shape index (κ3) is 2.96. The first-order chi connectivity index (χ1) is 19.2. The van der Waals surface area contributed by atoms with E-state index >= 15 is 0 Å². The molecule has 0 aromatic heterocycles. The molecule has 5 aromatic rings. The highest BCUT2D eigenvalue weighted by Crippen LogP contribution is 2.69. The average Bonchev–Trinajstić information content (AvgIpc) is 3.25. The van der Waals surface area contributed by atoms with Crippen LogP contribution in [0.25, 0.3) is 44.2 Å². The fraction of sp³-hybridized carbons (Fsp3) is 0.263. The lowest BCUT2D eigenvalue weighted by atomic mass is 9.43. The maximum Gasteiger partial charge on any atom is 0.0490 e. The topological polar surface area (TPSA) is 0 Å². The van der Waals surface area contributed by atoms with Crippen molar-refractivity contribution in [1.82, 2.24) is 0 Å². The zero-order valence-corrected chi connectivity index (χ0v) is 22.8. The van der Waals surface area contributed by atoms with E-state index in [4.69, 9.17) is 11.6 Å². The normalized spacial score (nSPS) is 27.7. The van der Waals surface area contributed by atoms with Crippen LogP contribution < -0.4 is 0 Å². The third-order valence-corrected chi connectivity index (χ3v) is 11.3. The van der Waals surface area contributed by atoms with Crippen LogP contribution in [0, 0.1) is 23.7 Å². The van der Waals surface area contributed by atoms with Crippen molar-refractivity contribution in [1.29, 1.82) is 0 Å². The molecular formula is C38H31Cl. The summed E-state index contributed by atoms with van der Waals surface area (Å²) in [4.78, 5) is 0. The molecule has 0 heterocycles. The molecule has 4 bridgehead atoms. The Morgan fingerprint density at radius 2 is 1.18 bits per heavy atom. The predicted octanol–water partition coefficient (Wildman–Crippen LogP) is 10.5. The Labute approximate surface area is 235 Å². The molecule has 5 aromatic carbocycles. The van der Waals surface area contributed by atoms with Crippen LogP contribution in [0.2, 0.25) is 5.02 Å². The number of halogens is 1. The Morgan fingerprint density at radius 1 is 0.538 bits per heavy atom. The van der Waals surface area contributed by atoms with E-state index in [-0.39, 0.29) is 5.41 Å². The van der Waals surface area contributed by atoms with Crippen molar-refractivity contribution in [3.8, 4) is 33.4 Å². The van der Waals surface area contributed by atoms with E-state index in [9.17, 15) is 0 Å². The molecule has 1 heteroatoms. The molecule has 0 amide bonds. The minimum atomic E-state index is 0.163. The minimum Gasteiger partial charge on any atom is -0.0836 e. The minimum absolute atomic E-state index is 0.163. The van der Waals surface area contributed by atoms with Crippen LogP contribution in [-0.4, -0.2) is 0 Å². The van der Waals surface area contributed by atoms with Crippen molar-refractivity contribution < 1.29 is 0 Å². The summed E-state index contributed by atoms with van der Waals surface area (Å²) < 4.78 is 0. The fourth-order valence-electron chi connectivity index (χ4n) is 9.81. The van der Waals surface area contributed by atoms with Gasteiger partial charge in [0.15, 0.2) is 0 Å². The lowest BCUT2D eigenvalue weighted by molar-refractivity contribution is -0.0399. The molecule has 4 saturated carbocycles. The van der Waals surface area contributed by atoms with E-state index in [2.05, 4.69) is 103 Å². The smallest absolute Gasteiger partial charge is 0.0490 e. The van der Waals surface area contributed by atoms with Crippen molar-refractivity contribution >= 4 is 22.4 Å². The van der Waals surface area contributed by atoms with Crippen LogP contribution in [-0.2, 0) is 5.41 Å². The monoisotopic (exact) mass is 522 g/mol. The first-order valence-corrected chi connectivity index (χ1v) is 15.1. The van der Waals surface area contributed by atoms with Crippen molar-refractivity contribution in [2.45, 2.75) is 37.5 Å². The van der Waals surface area contributed by atoms with E-state index in [1.54, 1.807) is 11.1 Å². The molecule has 5 aliphatic rings. The first kappa shape index (κ1) is 22.5. The molecule has 0 unspecified atom stereocenters. The lowest BCUT2D eigenvalue weighted by Crippen LogP contribution is -2.55. The summed E-state index contributed by atoms with van der Waals surface area (Å²) in [7, 11) is 0. The van der Waals surface area contributed by atoms with Gasteiger partial charge >= 0.3 is 0 Å². The van der Waals surface area contributed by atoms with Crippen LogP contribution in [0.1, 0.15) is 43.2 Å². The van der Waals surface area contributed by atoms with Crippen molar-refractivity contribution in [2.24, 2.45) is 23.7 Å². The standard InChI is InChI=1S/C38H31Cl/c39-36-14-6-12-33(30-11-5-8-25-7-1-2-9-29(25)30)37(36)26-15-16-32-31-10-3-4-13-34(31)38(35(32)22-26)27-18-23-17-24(20-27)21-28(38)19-23/h1-16,22-24,27-28H,17-21H2. The Hall–Kier alpha value is -3.35. The van der Waals surface area contributed by atoms with Crippen molar-refractivity contribution in [2.75, 3.05) is 0 Å². The molecule has 0 radical (unpaired) electrons. The Kier molecular flexibility index (Phi) is 4.66. The molecule has 10 rings (SSSR count). The summed E-state index contributed by atoms with van der Waals surface area (Å²) in [5.41, 5.74) is 11.2. The van der Waals surface area contributed by atoms with Crippen LogP contribution >= 0.6 is 11.6 Å². The molecule has 0 atom stereocenters. The molecule has 0 saturated heterocycles. The molecule has 4 fully saturated rings. The first-order valence-electron chi connectivity index (χ1n) is 14.7. The molecule has 0 aliphatic heterocycles. The highest BCUT2D eigenvalue weighted by molar-refractivity contribution is 6.34. The van der Waals surface area contributed by atoms with Gasteiger partial charge in [-0.1, -0.05) is 103 Å². The molecule has 1 spiro atoms.